The summed E-state index contributed by atoms with van der Waals surface area (Å²) in [7, 11) is -0.748. The first-order chi connectivity index (χ1) is 21.5. The average molecular weight is 647 g/mol. The van der Waals surface area contributed by atoms with Crippen LogP contribution in [0.5, 0.6) is 5.75 Å². The van der Waals surface area contributed by atoms with Crippen molar-refractivity contribution in [3.8, 4) is 5.75 Å². The van der Waals surface area contributed by atoms with Crippen molar-refractivity contribution in [2.24, 2.45) is 5.73 Å². The summed E-state index contributed by atoms with van der Waals surface area (Å²) < 4.78 is 38.2. The smallest absolute Gasteiger partial charge is 0.330 e. The molecule has 2 rings (SSSR count). The van der Waals surface area contributed by atoms with Crippen LogP contribution in [0.15, 0.2) is 54.6 Å². The van der Waals surface area contributed by atoms with Crippen LogP contribution in [0, 0.1) is 0 Å². The zero-order valence-corrected chi connectivity index (χ0v) is 27.7. The molecule has 0 heterocycles. The van der Waals surface area contributed by atoms with Gasteiger partial charge >= 0.3 is 5.97 Å². The third-order valence-corrected chi connectivity index (χ3v) is 9.76. The lowest BCUT2D eigenvalue weighted by molar-refractivity contribution is -0.153. The monoisotopic (exact) mass is 646 g/mol. The van der Waals surface area contributed by atoms with Crippen molar-refractivity contribution in [2.75, 3.05) is 26.5 Å². The Morgan fingerprint density at radius 2 is 1.56 bits per heavy atom. The number of hydrogen-bond acceptors (Lipinski definition) is 9. The highest BCUT2D eigenvalue weighted by atomic mass is 32.2. The molecule has 2 amide bonds. The van der Waals surface area contributed by atoms with Gasteiger partial charge in [0.2, 0.25) is 11.8 Å². The van der Waals surface area contributed by atoms with Gasteiger partial charge in [-0.1, -0.05) is 69.2 Å². The summed E-state index contributed by atoms with van der Waals surface area (Å²) in [6.45, 7) is 4.42. The lowest BCUT2D eigenvalue weighted by atomic mass is 10.0. The molecular formula is C33H50N4O7S. The van der Waals surface area contributed by atoms with Crippen molar-refractivity contribution >= 4 is 27.6 Å². The van der Waals surface area contributed by atoms with E-state index in [4.69, 9.17) is 15.2 Å². The maximum absolute atomic E-state index is 13.7. The van der Waals surface area contributed by atoms with Crippen molar-refractivity contribution in [3.05, 3.63) is 65.7 Å². The highest BCUT2D eigenvalue weighted by Crippen LogP contribution is 2.18. The third-order valence-electron chi connectivity index (χ3n) is 7.47. The number of nitrogens with one attached hydrogen (secondary N) is 3. The zero-order chi connectivity index (χ0) is 33.2. The van der Waals surface area contributed by atoms with E-state index in [2.05, 4.69) is 16.0 Å². The molecular weight excluding hydrogens is 596 g/mol. The summed E-state index contributed by atoms with van der Waals surface area (Å²) in [5, 5.41) is 7.61. The molecule has 0 radical (unpaired) electrons. The molecule has 5 N–H and O–H groups in total. The van der Waals surface area contributed by atoms with Crippen LogP contribution in [0.4, 0.5) is 0 Å². The first kappa shape index (κ1) is 37.7. The second kappa shape index (κ2) is 19.8. The van der Waals surface area contributed by atoms with Crippen molar-refractivity contribution in [1.82, 2.24) is 16.0 Å². The molecule has 12 heteroatoms. The van der Waals surface area contributed by atoms with E-state index in [9.17, 15) is 22.8 Å². The van der Waals surface area contributed by atoms with Crippen molar-refractivity contribution in [2.45, 2.75) is 88.8 Å². The second-order valence-electron chi connectivity index (χ2n) is 11.1. The van der Waals surface area contributed by atoms with Crippen LogP contribution in [0.25, 0.3) is 0 Å². The molecule has 0 aromatic heterocycles. The summed E-state index contributed by atoms with van der Waals surface area (Å²) in [6, 6.07) is 14.9. The van der Waals surface area contributed by atoms with Crippen LogP contribution in [0.3, 0.4) is 0 Å². The molecule has 45 heavy (non-hydrogen) atoms. The molecule has 0 saturated carbocycles. The van der Waals surface area contributed by atoms with Gasteiger partial charge in [-0.15, -0.1) is 0 Å². The SMILES string of the molecule is CCCC(CCC)S(=O)(=O)C[C@H](NC(=O)CCC(=O)NC)C(=O)O[C@H](CNCc1cccc(OC)c1)[C@@H](N)Cc1ccccc1. The Balaban J connectivity index is 2.29. The van der Waals surface area contributed by atoms with Gasteiger partial charge in [-0.25, -0.2) is 13.2 Å². The summed E-state index contributed by atoms with van der Waals surface area (Å²) in [5.41, 5.74) is 8.48. The van der Waals surface area contributed by atoms with Crippen LogP contribution < -0.4 is 26.4 Å². The van der Waals surface area contributed by atoms with E-state index in [1.54, 1.807) is 7.11 Å². The number of rotatable bonds is 21. The molecule has 0 bridgehead atoms. The molecule has 3 atom stereocenters. The summed E-state index contributed by atoms with van der Waals surface area (Å²) in [6.07, 6.45) is 1.44. The Morgan fingerprint density at radius 1 is 0.911 bits per heavy atom. The van der Waals surface area contributed by atoms with Gasteiger partial charge in [0, 0.05) is 39.0 Å². The fraction of sp³-hybridized carbons (Fsp3) is 0.545. The number of esters is 1. The quantitative estimate of drug-likeness (QED) is 0.149. The number of benzene rings is 2. The number of methoxy groups -OCH3 is 1. The predicted octanol–water partition coefficient (Wildman–Crippen LogP) is 2.66. The van der Waals surface area contributed by atoms with Crippen molar-refractivity contribution < 1.29 is 32.3 Å². The Hall–Kier alpha value is -3.48. The van der Waals surface area contributed by atoms with E-state index in [0.29, 0.717) is 44.4 Å². The van der Waals surface area contributed by atoms with Crippen LogP contribution in [0.2, 0.25) is 0 Å². The lowest BCUT2D eigenvalue weighted by Crippen LogP contribution is -2.52. The van der Waals surface area contributed by atoms with Gasteiger partial charge in [-0.2, -0.15) is 0 Å². The molecule has 11 nitrogen and oxygen atoms in total. The number of carbonyl (C=O) groups is 3. The Bertz CT molecular complexity index is 1300. The van der Waals surface area contributed by atoms with E-state index >= 15 is 0 Å². The molecule has 0 spiro atoms. The molecule has 0 saturated heterocycles. The minimum Gasteiger partial charge on any atom is -0.497 e. The Labute approximate surface area is 267 Å². The predicted molar refractivity (Wildman–Crippen MR) is 175 cm³/mol. The van der Waals surface area contributed by atoms with Crippen molar-refractivity contribution in [3.63, 3.8) is 0 Å². The molecule has 0 unspecified atom stereocenters. The topological polar surface area (TPSA) is 166 Å². The number of hydrogen-bond donors (Lipinski definition) is 4. The lowest BCUT2D eigenvalue weighted by Gasteiger charge is -2.28. The molecule has 0 fully saturated rings. The van der Waals surface area contributed by atoms with E-state index in [-0.39, 0.29) is 25.3 Å². The minimum atomic E-state index is -3.79. The highest BCUT2D eigenvalue weighted by molar-refractivity contribution is 7.92. The fourth-order valence-corrected chi connectivity index (χ4v) is 7.12. The number of ether oxygens (including phenoxy) is 2. The van der Waals surface area contributed by atoms with Gasteiger partial charge in [0.1, 0.15) is 17.9 Å². The van der Waals surface area contributed by atoms with Gasteiger partial charge < -0.3 is 31.2 Å². The average Bonchev–Trinajstić information content (AvgIpc) is 3.03. The van der Waals surface area contributed by atoms with Gasteiger partial charge in [0.25, 0.3) is 0 Å². The Morgan fingerprint density at radius 3 is 2.18 bits per heavy atom. The van der Waals surface area contributed by atoms with E-state index in [0.717, 1.165) is 11.1 Å². The molecule has 2 aromatic carbocycles. The third kappa shape index (κ3) is 13.6. The first-order valence-electron chi connectivity index (χ1n) is 15.6. The van der Waals surface area contributed by atoms with E-state index in [1.165, 1.54) is 7.05 Å². The number of nitrogens with two attached hydrogens (primary N) is 1. The number of amides is 2. The molecule has 250 valence electrons. The van der Waals surface area contributed by atoms with E-state index in [1.807, 2.05) is 68.4 Å². The van der Waals surface area contributed by atoms with Crippen LogP contribution in [-0.2, 0) is 41.9 Å². The van der Waals surface area contributed by atoms with Crippen molar-refractivity contribution in [1.29, 1.82) is 0 Å². The van der Waals surface area contributed by atoms with Gasteiger partial charge in [0.15, 0.2) is 9.84 Å². The van der Waals surface area contributed by atoms with Gasteiger partial charge in [-0.05, 0) is 42.5 Å². The number of carbonyl (C=O) groups excluding carboxylic acids is 3. The summed E-state index contributed by atoms with van der Waals surface area (Å²) in [4.78, 5) is 38.2. The molecule has 0 aliphatic rings. The summed E-state index contributed by atoms with van der Waals surface area (Å²) in [5.74, 6) is -1.77. The fourth-order valence-electron chi connectivity index (χ4n) is 4.97. The molecule has 0 aliphatic carbocycles. The zero-order valence-electron chi connectivity index (χ0n) is 26.9. The first-order valence-corrected chi connectivity index (χ1v) is 17.3. The number of sulfone groups is 1. The van der Waals surface area contributed by atoms with Gasteiger partial charge in [0.05, 0.1) is 18.1 Å². The minimum absolute atomic E-state index is 0.107. The van der Waals surface area contributed by atoms with E-state index < -0.39 is 50.9 Å². The van der Waals surface area contributed by atoms with Crippen LogP contribution in [0.1, 0.15) is 63.5 Å². The van der Waals surface area contributed by atoms with Crippen LogP contribution >= 0.6 is 0 Å². The standard InChI is InChI=1S/C33H50N4O7S/c1-5-11-27(12-6-2)45(41,42)23-29(37-32(39)18-17-31(38)35-3)33(40)44-30(28(34)20-24-13-8-7-9-14-24)22-36-21-25-15-10-16-26(19-25)43-4/h7-10,13-16,19,27-30,36H,5-6,11-12,17-18,20-23,34H2,1-4H3,(H,35,38)(H,37,39)/t28-,29-,30+/m0/s1. The maximum atomic E-state index is 13.7. The highest BCUT2D eigenvalue weighted by Gasteiger charge is 2.35. The molecule has 0 aliphatic heterocycles. The second-order valence-corrected chi connectivity index (χ2v) is 13.5. The normalized spacial score (nSPS) is 13.5. The largest absolute Gasteiger partial charge is 0.497 e. The van der Waals surface area contributed by atoms with Gasteiger partial charge in [-0.3, -0.25) is 9.59 Å². The Kier molecular flexibility index (Phi) is 16.6. The summed E-state index contributed by atoms with van der Waals surface area (Å²) >= 11 is 0. The van der Waals surface area contributed by atoms with Crippen LogP contribution in [-0.4, -0.2) is 76.1 Å². The maximum Gasteiger partial charge on any atom is 0.330 e. The molecule has 2 aromatic rings.